The molecule has 0 aliphatic carbocycles. The zero-order valence-corrected chi connectivity index (χ0v) is 12.7. The Hall–Kier alpha value is -1.02. The summed E-state index contributed by atoms with van der Waals surface area (Å²) in [6.07, 6.45) is 5.18. The minimum absolute atomic E-state index is 0.846. The Labute approximate surface area is 117 Å². The van der Waals surface area contributed by atoms with Gasteiger partial charge in [0.05, 0.1) is 6.61 Å². The fourth-order valence-electron chi connectivity index (χ4n) is 3.01. The van der Waals surface area contributed by atoms with Crippen molar-refractivity contribution >= 4 is 0 Å². The van der Waals surface area contributed by atoms with Gasteiger partial charge in [0.2, 0.25) is 0 Å². The van der Waals surface area contributed by atoms with E-state index in [0.29, 0.717) is 0 Å². The van der Waals surface area contributed by atoms with E-state index in [1.165, 1.54) is 55.6 Å². The van der Waals surface area contributed by atoms with Gasteiger partial charge in [0.25, 0.3) is 0 Å². The first-order valence-corrected chi connectivity index (χ1v) is 7.60. The maximum atomic E-state index is 5.97. The van der Waals surface area contributed by atoms with Crippen molar-refractivity contribution in [3.05, 3.63) is 28.8 Å². The number of ether oxygens (including phenoxy) is 1. The number of hydrogen-bond acceptors (Lipinski definition) is 2. The molecule has 0 bridgehead atoms. The summed E-state index contributed by atoms with van der Waals surface area (Å²) in [7, 11) is 0. The van der Waals surface area contributed by atoms with Crippen LogP contribution in [0.15, 0.2) is 12.1 Å². The molecule has 1 aliphatic rings. The second kappa shape index (κ2) is 6.95. The largest absolute Gasteiger partial charge is 0.493 e. The molecule has 2 heteroatoms. The number of aryl methyl sites for hydroxylation is 3. The molecule has 0 spiro atoms. The van der Waals surface area contributed by atoms with E-state index in [2.05, 4.69) is 37.8 Å². The fraction of sp³-hybridized carbons (Fsp3) is 0.647. The summed E-state index contributed by atoms with van der Waals surface area (Å²) in [5.41, 5.74) is 3.84. The number of unbranched alkanes of at least 4 members (excludes halogenated alkanes) is 1. The predicted octanol–water partition coefficient (Wildman–Crippen LogP) is 3.87. The summed E-state index contributed by atoms with van der Waals surface area (Å²) in [4.78, 5) is 2.57. The summed E-state index contributed by atoms with van der Waals surface area (Å²) in [6, 6.07) is 4.40. The molecule has 2 nitrogen and oxygen atoms in total. The molecule has 0 saturated carbocycles. The van der Waals surface area contributed by atoms with Crippen molar-refractivity contribution in [2.24, 2.45) is 0 Å². The fourth-order valence-corrected chi connectivity index (χ4v) is 3.01. The Morgan fingerprint density at radius 1 is 1.00 bits per heavy atom. The highest BCUT2D eigenvalue weighted by Gasteiger charge is 2.10. The van der Waals surface area contributed by atoms with Gasteiger partial charge in [0.1, 0.15) is 5.75 Å². The second-order valence-electron chi connectivity index (χ2n) is 5.83. The van der Waals surface area contributed by atoms with Crippen molar-refractivity contribution in [2.45, 2.75) is 46.5 Å². The van der Waals surface area contributed by atoms with Crippen LogP contribution in [0.25, 0.3) is 0 Å². The van der Waals surface area contributed by atoms with Crippen molar-refractivity contribution in [2.75, 3.05) is 26.2 Å². The van der Waals surface area contributed by atoms with Gasteiger partial charge in [-0.15, -0.1) is 0 Å². The summed E-state index contributed by atoms with van der Waals surface area (Å²) in [5.74, 6) is 1.09. The lowest BCUT2D eigenvalue weighted by molar-refractivity contribution is 0.277. The van der Waals surface area contributed by atoms with Crippen molar-refractivity contribution in [1.29, 1.82) is 0 Å². The topological polar surface area (TPSA) is 12.5 Å². The molecule has 1 fully saturated rings. The minimum atomic E-state index is 0.846. The molecule has 1 aromatic rings. The minimum Gasteiger partial charge on any atom is -0.493 e. The first-order valence-electron chi connectivity index (χ1n) is 7.60. The highest BCUT2D eigenvalue weighted by Crippen LogP contribution is 2.24. The van der Waals surface area contributed by atoms with Crippen LogP contribution >= 0.6 is 0 Å². The smallest absolute Gasteiger partial charge is 0.125 e. The summed E-state index contributed by atoms with van der Waals surface area (Å²) in [5, 5.41) is 0. The van der Waals surface area contributed by atoms with Gasteiger partial charge in [-0.2, -0.15) is 0 Å². The Kier molecular flexibility index (Phi) is 5.26. The molecular formula is C17H27NO. The molecule has 2 rings (SSSR count). The van der Waals surface area contributed by atoms with Gasteiger partial charge in [0, 0.05) is 0 Å². The van der Waals surface area contributed by atoms with E-state index >= 15 is 0 Å². The van der Waals surface area contributed by atoms with Crippen LogP contribution in [0.4, 0.5) is 0 Å². The van der Waals surface area contributed by atoms with E-state index < -0.39 is 0 Å². The summed E-state index contributed by atoms with van der Waals surface area (Å²) < 4.78 is 5.97. The zero-order valence-electron chi connectivity index (χ0n) is 12.7. The highest BCUT2D eigenvalue weighted by molar-refractivity contribution is 5.42. The van der Waals surface area contributed by atoms with Crippen LogP contribution in [-0.2, 0) is 0 Å². The molecule has 0 amide bonds. The third-order valence-electron chi connectivity index (χ3n) is 3.92. The third-order valence-corrected chi connectivity index (χ3v) is 3.92. The average Bonchev–Trinajstić information content (AvgIpc) is 2.84. The van der Waals surface area contributed by atoms with E-state index in [9.17, 15) is 0 Å². The Morgan fingerprint density at radius 2 is 1.63 bits per heavy atom. The molecule has 0 aromatic heterocycles. The van der Waals surface area contributed by atoms with Gasteiger partial charge in [-0.1, -0.05) is 17.7 Å². The van der Waals surface area contributed by atoms with E-state index in [1.54, 1.807) is 0 Å². The van der Waals surface area contributed by atoms with E-state index in [1.807, 2.05) is 0 Å². The van der Waals surface area contributed by atoms with Crippen molar-refractivity contribution in [1.82, 2.24) is 4.90 Å². The van der Waals surface area contributed by atoms with Crippen LogP contribution in [0.2, 0.25) is 0 Å². The number of benzene rings is 1. The van der Waals surface area contributed by atoms with Gasteiger partial charge in [-0.25, -0.2) is 0 Å². The standard InChI is InChI=1S/C17H27NO/c1-14-12-15(2)17(16(3)13-14)19-11-7-6-10-18-8-4-5-9-18/h12-13H,4-11H2,1-3H3. The molecule has 106 valence electrons. The number of rotatable bonds is 6. The first kappa shape index (κ1) is 14.4. The highest BCUT2D eigenvalue weighted by atomic mass is 16.5. The zero-order chi connectivity index (χ0) is 13.7. The van der Waals surface area contributed by atoms with E-state index in [4.69, 9.17) is 4.74 Å². The SMILES string of the molecule is Cc1cc(C)c(OCCCCN2CCCC2)c(C)c1. The maximum Gasteiger partial charge on any atom is 0.125 e. The van der Waals surface area contributed by atoms with Crippen molar-refractivity contribution < 1.29 is 4.74 Å². The van der Waals surface area contributed by atoms with Crippen molar-refractivity contribution in [3.63, 3.8) is 0 Å². The van der Waals surface area contributed by atoms with Gasteiger partial charge in [-0.05, 0) is 77.2 Å². The molecule has 0 N–H and O–H groups in total. The number of likely N-dealkylation sites (tertiary alicyclic amines) is 1. The van der Waals surface area contributed by atoms with Gasteiger partial charge >= 0.3 is 0 Å². The summed E-state index contributed by atoms with van der Waals surface area (Å²) in [6.45, 7) is 11.1. The quantitative estimate of drug-likeness (QED) is 0.721. The monoisotopic (exact) mass is 261 g/mol. The average molecular weight is 261 g/mol. The Balaban J connectivity index is 1.70. The van der Waals surface area contributed by atoms with Gasteiger partial charge in [-0.3, -0.25) is 0 Å². The van der Waals surface area contributed by atoms with E-state index in [-0.39, 0.29) is 0 Å². The molecule has 19 heavy (non-hydrogen) atoms. The molecule has 1 heterocycles. The third kappa shape index (κ3) is 4.24. The van der Waals surface area contributed by atoms with Crippen LogP contribution in [0.1, 0.15) is 42.4 Å². The lowest BCUT2D eigenvalue weighted by Gasteiger charge is -2.15. The number of nitrogens with zero attached hydrogens (tertiary/aromatic N) is 1. The van der Waals surface area contributed by atoms with E-state index in [0.717, 1.165) is 18.8 Å². The molecule has 0 atom stereocenters. The maximum absolute atomic E-state index is 5.97. The number of hydrogen-bond donors (Lipinski definition) is 0. The molecule has 1 aromatic carbocycles. The molecule has 1 aliphatic heterocycles. The van der Waals surface area contributed by atoms with Crippen molar-refractivity contribution in [3.8, 4) is 5.75 Å². The molecule has 0 radical (unpaired) electrons. The Bertz CT molecular complexity index is 385. The summed E-state index contributed by atoms with van der Waals surface area (Å²) >= 11 is 0. The molecule has 1 saturated heterocycles. The Morgan fingerprint density at radius 3 is 2.26 bits per heavy atom. The van der Waals surface area contributed by atoms with Crippen LogP contribution < -0.4 is 4.74 Å². The normalized spacial score (nSPS) is 15.9. The molecule has 0 unspecified atom stereocenters. The molecular weight excluding hydrogens is 234 g/mol. The first-order chi connectivity index (χ1) is 9.16. The van der Waals surface area contributed by atoms with Gasteiger partial charge < -0.3 is 9.64 Å². The second-order valence-corrected chi connectivity index (χ2v) is 5.83. The lowest BCUT2D eigenvalue weighted by Crippen LogP contribution is -2.20. The predicted molar refractivity (Wildman–Crippen MR) is 81.1 cm³/mol. The van der Waals surface area contributed by atoms with Crippen LogP contribution in [0, 0.1) is 20.8 Å². The van der Waals surface area contributed by atoms with Crippen LogP contribution in [0.3, 0.4) is 0 Å². The van der Waals surface area contributed by atoms with Gasteiger partial charge in [0.15, 0.2) is 0 Å². The van der Waals surface area contributed by atoms with Crippen LogP contribution in [0.5, 0.6) is 5.75 Å². The van der Waals surface area contributed by atoms with Crippen LogP contribution in [-0.4, -0.2) is 31.1 Å². The lowest BCUT2D eigenvalue weighted by atomic mass is 10.1.